The van der Waals surface area contributed by atoms with Gasteiger partial charge in [0, 0.05) is 21.3 Å². The molecule has 0 atom stereocenters. The second-order valence-electron chi connectivity index (χ2n) is 7.38. The number of thioether (sulfide) groups is 1. The van der Waals surface area contributed by atoms with Crippen molar-refractivity contribution in [2.24, 2.45) is 4.99 Å². The third-order valence-corrected chi connectivity index (χ3v) is 6.93. The topological polar surface area (TPSA) is 101 Å². The molecule has 0 unspecified atom stereocenters. The lowest BCUT2D eigenvalue weighted by atomic mass is 10.1. The van der Waals surface area contributed by atoms with E-state index in [4.69, 9.17) is 42.8 Å². The summed E-state index contributed by atoms with van der Waals surface area (Å²) in [6.45, 7) is 1.88. The van der Waals surface area contributed by atoms with Gasteiger partial charge < -0.3 is 14.2 Å². The van der Waals surface area contributed by atoms with E-state index in [1.807, 2.05) is 0 Å². The van der Waals surface area contributed by atoms with E-state index < -0.39 is 11.9 Å². The van der Waals surface area contributed by atoms with Gasteiger partial charge in [-0.1, -0.05) is 35.3 Å². The van der Waals surface area contributed by atoms with E-state index in [-0.39, 0.29) is 28.1 Å². The first kappa shape index (κ1) is 24.8. The first-order chi connectivity index (χ1) is 16.7. The molecule has 0 bridgehead atoms. The maximum Gasteiger partial charge on any atom is 0.346 e. The van der Waals surface area contributed by atoms with E-state index in [2.05, 4.69) is 4.99 Å². The molecule has 0 aromatic heterocycles. The number of amidine groups is 2. The van der Waals surface area contributed by atoms with E-state index in [0.29, 0.717) is 32.8 Å². The van der Waals surface area contributed by atoms with Gasteiger partial charge in [-0.25, -0.2) is 4.79 Å². The fourth-order valence-electron chi connectivity index (χ4n) is 3.43. The molecule has 0 saturated heterocycles. The quantitative estimate of drug-likeness (QED) is 0.399. The van der Waals surface area contributed by atoms with Crippen molar-refractivity contribution < 1.29 is 23.8 Å². The van der Waals surface area contributed by atoms with E-state index in [0.717, 1.165) is 17.3 Å². The Kier molecular flexibility index (Phi) is 7.20. The maximum atomic E-state index is 12.7. The van der Waals surface area contributed by atoms with Crippen molar-refractivity contribution >= 4 is 63.9 Å². The Bertz CT molecular complexity index is 1350. The van der Waals surface area contributed by atoms with Crippen molar-refractivity contribution in [1.82, 2.24) is 4.90 Å². The van der Waals surface area contributed by atoms with Crippen LogP contribution in [0.15, 0.2) is 57.6 Å². The van der Waals surface area contributed by atoms with Gasteiger partial charge >= 0.3 is 5.97 Å². The van der Waals surface area contributed by atoms with Gasteiger partial charge in [0.25, 0.3) is 5.91 Å². The lowest BCUT2D eigenvalue weighted by molar-refractivity contribution is -0.135. The minimum absolute atomic E-state index is 0.0727. The van der Waals surface area contributed by atoms with Gasteiger partial charge in [0.2, 0.25) is 0 Å². The molecule has 0 saturated carbocycles. The van der Waals surface area contributed by atoms with Gasteiger partial charge in [0.1, 0.15) is 17.3 Å². The predicted molar refractivity (Wildman–Crippen MR) is 136 cm³/mol. The summed E-state index contributed by atoms with van der Waals surface area (Å²) in [5.74, 6) is -0.298. The van der Waals surface area contributed by atoms with Crippen molar-refractivity contribution in [3.8, 4) is 11.5 Å². The highest BCUT2D eigenvalue weighted by Crippen LogP contribution is 2.39. The zero-order valence-corrected chi connectivity index (χ0v) is 21.2. The maximum absolute atomic E-state index is 12.7. The molecular formula is C24H19Cl2N3O5S. The van der Waals surface area contributed by atoms with Gasteiger partial charge in [0.15, 0.2) is 16.7 Å². The molecule has 0 fully saturated rings. The molecule has 2 aliphatic heterocycles. The zero-order valence-electron chi connectivity index (χ0n) is 18.8. The summed E-state index contributed by atoms with van der Waals surface area (Å²) in [5.41, 5.74) is 1.92. The van der Waals surface area contributed by atoms with Crippen LogP contribution in [0.1, 0.15) is 18.1 Å². The Morgan fingerprint density at radius 1 is 1.17 bits per heavy atom. The smallest absolute Gasteiger partial charge is 0.346 e. The summed E-state index contributed by atoms with van der Waals surface area (Å²) in [6, 6.07) is 10.3. The van der Waals surface area contributed by atoms with Crippen molar-refractivity contribution in [3.63, 3.8) is 0 Å². The van der Waals surface area contributed by atoms with Crippen LogP contribution >= 0.6 is 35.0 Å². The van der Waals surface area contributed by atoms with Crippen LogP contribution in [0, 0.1) is 5.41 Å². The van der Waals surface area contributed by atoms with Gasteiger partial charge in [-0.3, -0.25) is 15.1 Å². The van der Waals surface area contributed by atoms with E-state index >= 15 is 0 Å². The number of nitrogens with one attached hydrogen (secondary N) is 1. The average Bonchev–Trinajstić information content (AvgIpc) is 3.16. The fraction of sp³-hybridized carbons (Fsp3) is 0.167. The average molecular weight is 532 g/mol. The molecule has 0 aliphatic carbocycles. The Labute approximate surface area is 215 Å². The number of hydrogen-bond acceptors (Lipinski definition) is 7. The van der Waals surface area contributed by atoms with Crippen molar-refractivity contribution in [3.05, 3.63) is 73.7 Å². The lowest BCUT2D eigenvalue weighted by Crippen LogP contribution is -2.37. The number of aliphatic imine (C=N–C) groups is 1. The normalized spacial score (nSPS) is 16.4. The number of methoxy groups -OCH3 is 2. The van der Waals surface area contributed by atoms with Crippen LogP contribution < -0.4 is 9.47 Å². The number of amides is 1. The third-order valence-electron chi connectivity index (χ3n) is 5.22. The number of carbonyl (C=O) groups excluding carboxylic acids is 2. The molecule has 2 aromatic rings. The predicted octanol–water partition coefficient (Wildman–Crippen LogP) is 5.29. The van der Waals surface area contributed by atoms with E-state index in [1.54, 1.807) is 49.4 Å². The van der Waals surface area contributed by atoms with E-state index in [9.17, 15) is 9.59 Å². The number of halogens is 2. The van der Waals surface area contributed by atoms with Gasteiger partial charge in [-0.05, 0) is 54.6 Å². The third kappa shape index (κ3) is 4.93. The molecule has 2 aromatic carbocycles. The number of hydrogen-bond donors (Lipinski definition) is 1. The number of ether oxygens (including phenoxy) is 3. The summed E-state index contributed by atoms with van der Waals surface area (Å²) in [7, 11) is 2.78. The molecule has 1 amide bonds. The van der Waals surface area contributed by atoms with Crippen LogP contribution in [0.4, 0.5) is 0 Å². The number of allylic oxidation sites excluding steroid dienone is 1. The molecule has 0 radical (unpaired) electrons. The molecular weight excluding hydrogens is 513 g/mol. The largest absolute Gasteiger partial charge is 0.493 e. The second kappa shape index (κ2) is 10.2. The number of nitrogens with zero attached hydrogens (tertiary/aromatic N) is 2. The number of benzene rings is 2. The monoisotopic (exact) mass is 531 g/mol. The molecule has 2 aliphatic rings. The minimum Gasteiger partial charge on any atom is -0.493 e. The summed E-state index contributed by atoms with van der Waals surface area (Å²) >= 11 is 13.2. The number of carbonyl (C=O) groups is 2. The Morgan fingerprint density at radius 2 is 1.94 bits per heavy atom. The molecule has 0 spiro atoms. The summed E-state index contributed by atoms with van der Waals surface area (Å²) in [4.78, 5) is 30.5. The van der Waals surface area contributed by atoms with Gasteiger partial charge in [-0.15, -0.1) is 0 Å². The first-order valence-corrected chi connectivity index (χ1v) is 11.8. The zero-order chi connectivity index (χ0) is 25.3. The van der Waals surface area contributed by atoms with Crippen LogP contribution in [0.2, 0.25) is 10.0 Å². The van der Waals surface area contributed by atoms with E-state index in [1.165, 1.54) is 19.1 Å². The highest BCUT2D eigenvalue weighted by molar-refractivity contribution is 8.18. The molecule has 180 valence electrons. The highest BCUT2D eigenvalue weighted by atomic mass is 35.5. The summed E-state index contributed by atoms with van der Waals surface area (Å²) in [6.07, 6.45) is 1.54. The standard InChI is InChI=1S/C24H19Cl2N3O5S/c1-12-20(23(31)33-3)35-24-28-22(30)16(21(27)29(12)24)8-13-4-7-18(19(9-13)32-2)34-11-14-5-6-15(25)10-17(14)26/h4-10,27H,11H2,1-3H3/b16-8-,27-21?. The Hall–Kier alpha value is -3.27. The molecule has 11 heteroatoms. The van der Waals surface area contributed by atoms with Crippen LogP contribution in [-0.2, 0) is 20.9 Å². The van der Waals surface area contributed by atoms with Crippen molar-refractivity contribution in [2.45, 2.75) is 13.5 Å². The van der Waals surface area contributed by atoms with Gasteiger partial charge in [0.05, 0.1) is 19.8 Å². The lowest BCUT2D eigenvalue weighted by Gasteiger charge is -2.25. The van der Waals surface area contributed by atoms with Crippen LogP contribution in [-0.4, -0.2) is 42.0 Å². The SMILES string of the molecule is COC(=O)C1=C(C)N2C(=N)/C(=C/c3ccc(OCc4ccc(Cl)cc4Cl)c(OC)c3)C(=O)N=C2S1. The molecule has 35 heavy (non-hydrogen) atoms. The van der Waals surface area contributed by atoms with Crippen molar-refractivity contribution in [1.29, 1.82) is 5.41 Å². The second-order valence-corrected chi connectivity index (χ2v) is 9.21. The van der Waals surface area contributed by atoms with Gasteiger partial charge in [-0.2, -0.15) is 4.99 Å². The number of fused-ring (bicyclic) bond motifs is 1. The van der Waals surface area contributed by atoms with Crippen LogP contribution in [0.3, 0.4) is 0 Å². The molecule has 4 rings (SSSR count). The molecule has 1 N–H and O–H groups in total. The highest BCUT2D eigenvalue weighted by Gasteiger charge is 2.39. The minimum atomic E-state index is -0.579. The Morgan fingerprint density at radius 3 is 2.63 bits per heavy atom. The summed E-state index contributed by atoms with van der Waals surface area (Å²) in [5, 5.41) is 9.86. The van der Waals surface area contributed by atoms with Crippen LogP contribution in [0.5, 0.6) is 11.5 Å². The van der Waals surface area contributed by atoms with Crippen LogP contribution in [0.25, 0.3) is 6.08 Å². The fourth-order valence-corrected chi connectivity index (χ4v) is 4.93. The molecule has 2 heterocycles. The Balaban J connectivity index is 1.59. The number of esters is 1. The number of rotatable bonds is 6. The molecule has 8 nitrogen and oxygen atoms in total. The first-order valence-electron chi connectivity index (χ1n) is 10.2. The summed E-state index contributed by atoms with van der Waals surface area (Å²) < 4.78 is 16.1. The van der Waals surface area contributed by atoms with Crippen molar-refractivity contribution in [2.75, 3.05) is 14.2 Å².